The van der Waals surface area contributed by atoms with Crippen LogP contribution < -0.4 is 0 Å². The summed E-state index contributed by atoms with van der Waals surface area (Å²) in [5, 5.41) is 0.771. The number of amides is 1. The molecule has 0 N–H and O–H groups in total. The Hall–Kier alpha value is -0.260. The Balaban J connectivity index is 4.13. The van der Waals surface area contributed by atoms with Crippen molar-refractivity contribution in [2.75, 3.05) is 18.4 Å². The number of unbranched alkanes of at least 4 members (excludes halogenated alkanes) is 1. The van der Waals surface area contributed by atoms with Gasteiger partial charge in [0.2, 0.25) is 5.91 Å². The highest BCUT2D eigenvalue weighted by atomic mass is 79.9. The standard InChI is InChI=1S/C10H17BrF3NO/c1-2-7-15(8-10(12,13)14)9(16)5-3-4-6-11/h2-8H2,1H3. The van der Waals surface area contributed by atoms with Crippen LogP contribution in [0.15, 0.2) is 0 Å². The van der Waals surface area contributed by atoms with Crippen molar-refractivity contribution in [3.05, 3.63) is 0 Å². The molecule has 1 amide bonds. The largest absolute Gasteiger partial charge is 0.406 e. The number of alkyl halides is 4. The molecule has 0 fully saturated rings. The topological polar surface area (TPSA) is 20.3 Å². The summed E-state index contributed by atoms with van der Waals surface area (Å²) >= 11 is 3.21. The van der Waals surface area contributed by atoms with E-state index < -0.39 is 18.6 Å². The molecular weight excluding hydrogens is 287 g/mol. The van der Waals surface area contributed by atoms with Crippen molar-refractivity contribution >= 4 is 21.8 Å². The summed E-state index contributed by atoms with van der Waals surface area (Å²) in [5.41, 5.74) is 0. The maximum absolute atomic E-state index is 12.2. The molecule has 16 heavy (non-hydrogen) atoms. The summed E-state index contributed by atoms with van der Waals surface area (Å²) < 4.78 is 36.5. The molecule has 0 heterocycles. The number of nitrogens with zero attached hydrogens (tertiary/aromatic N) is 1. The van der Waals surface area contributed by atoms with Gasteiger partial charge in [0.15, 0.2) is 0 Å². The molecule has 0 aromatic carbocycles. The van der Waals surface area contributed by atoms with Gasteiger partial charge in [0.1, 0.15) is 6.54 Å². The van der Waals surface area contributed by atoms with E-state index in [0.29, 0.717) is 12.8 Å². The number of hydrogen-bond acceptors (Lipinski definition) is 1. The normalized spacial score (nSPS) is 11.6. The van der Waals surface area contributed by atoms with Crippen molar-refractivity contribution < 1.29 is 18.0 Å². The van der Waals surface area contributed by atoms with E-state index in [1.165, 1.54) is 0 Å². The highest BCUT2D eigenvalue weighted by molar-refractivity contribution is 9.09. The molecule has 0 spiro atoms. The van der Waals surface area contributed by atoms with E-state index >= 15 is 0 Å². The van der Waals surface area contributed by atoms with E-state index in [4.69, 9.17) is 0 Å². The van der Waals surface area contributed by atoms with Crippen LogP contribution in [0.2, 0.25) is 0 Å². The summed E-state index contributed by atoms with van der Waals surface area (Å²) in [7, 11) is 0. The first-order valence-corrected chi connectivity index (χ1v) is 6.43. The molecule has 6 heteroatoms. The van der Waals surface area contributed by atoms with Gasteiger partial charge in [-0.05, 0) is 19.3 Å². The van der Waals surface area contributed by atoms with Gasteiger partial charge in [-0.15, -0.1) is 0 Å². The second kappa shape index (κ2) is 7.92. The van der Waals surface area contributed by atoms with Crippen LogP contribution in [0, 0.1) is 0 Å². The van der Waals surface area contributed by atoms with Crippen LogP contribution in [0.3, 0.4) is 0 Å². The predicted molar refractivity (Wildman–Crippen MR) is 60.6 cm³/mol. The van der Waals surface area contributed by atoms with Crippen LogP contribution in [0.1, 0.15) is 32.6 Å². The van der Waals surface area contributed by atoms with E-state index in [1.807, 2.05) is 0 Å². The first-order chi connectivity index (χ1) is 7.40. The third-order valence-corrected chi connectivity index (χ3v) is 2.55. The van der Waals surface area contributed by atoms with Gasteiger partial charge < -0.3 is 4.90 Å². The fourth-order valence-electron chi connectivity index (χ4n) is 1.31. The number of carbonyl (C=O) groups is 1. The molecule has 0 bridgehead atoms. The van der Waals surface area contributed by atoms with Crippen LogP contribution in [0.5, 0.6) is 0 Å². The minimum absolute atomic E-state index is 0.173. The van der Waals surface area contributed by atoms with Crippen LogP contribution in [-0.2, 0) is 4.79 Å². The minimum atomic E-state index is -4.31. The van der Waals surface area contributed by atoms with E-state index in [1.54, 1.807) is 6.92 Å². The molecule has 0 aliphatic carbocycles. The van der Waals surface area contributed by atoms with Gasteiger partial charge in [-0.25, -0.2) is 0 Å². The third-order valence-electron chi connectivity index (χ3n) is 1.99. The van der Waals surface area contributed by atoms with Gasteiger partial charge in [-0.1, -0.05) is 22.9 Å². The summed E-state index contributed by atoms with van der Waals surface area (Å²) in [6.45, 7) is 0.801. The molecule has 0 saturated heterocycles. The van der Waals surface area contributed by atoms with Gasteiger partial charge in [0.25, 0.3) is 0 Å². The maximum Gasteiger partial charge on any atom is 0.406 e. The van der Waals surface area contributed by atoms with Crippen molar-refractivity contribution in [3.63, 3.8) is 0 Å². The maximum atomic E-state index is 12.2. The third kappa shape index (κ3) is 7.96. The number of rotatable bonds is 7. The average molecular weight is 304 g/mol. The van der Waals surface area contributed by atoms with Gasteiger partial charge in [0.05, 0.1) is 0 Å². The first-order valence-electron chi connectivity index (χ1n) is 5.31. The molecule has 2 nitrogen and oxygen atoms in total. The van der Waals surface area contributed by atoms with Crippen molar-refractivity contribution in [2.24, 2.45) is 0 Å². The van der Waals surface area contributed by atoms with Crippen LogP contribution in [0.4, 0.5) is 13.2 Å². The second-order valence-electron chi connectivity index (χ2n) is 3.58. The molecule has 0 saturated carbocycles. The quantitative estimate of drug-likeness (QED) is 0.522. The van der Waals surface area contributed by atoms with Crippen LogP contribution in [-0.4, -0.2) is 35.4 Å². The zero-order chi connectivity index (χ0) is 12.6. The Morgan fingerprint density at radius 3 is 2.38 bits per heavy atom. The SMILES string of the molecule is CCCN(CC(F)(F)F)C(=O)CCCCBr. The first kappa shape index (κ1) is 15.7. The van der Waals surface area contributed by atoms with E-state index in [9.17, 15) is 18.0 Å². The van der Waals surface area contributed by atoms with Crippen molar-refractivity contribution in [1.29, 1.82) is 0 Å². The summed E-state index contributed by atoms with van der Waals surface area (Å²) in [6, 6.07) is 0. The molecule has 0 rings (SSSR count). The molecule has 0 unspecified atom stereocenters. The number of hydrogen-bond donors (Lipinski definition) is 0. The lowest BCUT2D eigenvalue weighted by Gasteiger charge is -2.23. The Kier molecular flexibility index (Phi) is 7.80. The van der Waals surface area contributed by atoms with Crippen LogP contribution >= 0.6 is 15.9 Å². The molecule has 0 aromatic rings. The van der Waals surface area contributed by atoms with Crippen molar-refractivity contribution in [3.8, 4) is 0 Å². The molecule has 0 radical (unpaired) electrons. The smallest absolute Gasteiger partial charge is 0.334 e. The fraction of sp³-hybridized carbons (Fsp3) is 0.900. The zero-order valence-corrected chi connectivity index (χ0v) is 10.9. The molecule has 0 atom stereocenters. The molecule has 0 aliphatic heterocycles. The summed E-state index contributed by atoms with van der Waals surface area (Å²) in [4.78, 5) is 12.4. The predicted octanol–water partition coefficient (Wildman–Crippen LogP) is 3.35. The zero-order valence-electron chi connectivity index (χ0n) is 9.32. The second-order valence-corrected chi connectivity index (χ2v) is 4.37. The van der Waals surface area contributed by atoms with E-state index in [-0.39, 0.29) is 13.0 Å². The lowest BCUT2D eigenvalue weighted by molar-refractivity contribution is -0.161. The molecular formula is C10H17BrF3NO. The average Bonchev–Trinajstić information content (AvgIpc) is 2.15. The molecule has 0 aromatic heterocycles. The number of halogens is 4. The summed E-state index contributed by atoms with van der Waals surface area (Å²) in [6.07, 6.45) is -2.14. The van der Waals surface area contributed by atoms with Crippen molar-refractivity contribution in [2.45, 2.75) is 38.8 Å². The van der Waals surface area contributed by atoms with Gasteiger partial charge in [-0.3, -0.25) is 4.79 Å². The van der Waals surface area contributed by atoms with Gasteiger partial charge in [0, 0.05) is 18.3 Å². The lowest BCUT2D eigenvalue weighted by Crippen LogP contribution is -2.39. The Labute approximate surface area is 102 Å². The van der Waals surface area contributed by atoms with Gasteiger partial charge in [-0.2, -0.15) is 13.2 Å². The highest BCUT2D eigenvalue weighted by Crippen LogP contribution is 2.17. The highest BCUT2D eigenvalue weighted by Gasteiger charge is 2.32. The van der Waals surface area contributed by atoms with Crippen LogP contribution in [0.25, 0.3) is 0 Å². The fourth-order valence-corrected chi connectivity index (χ4v) is 1.70. The monoisotopic (exact) mass is 303 g/mol. The van der Waals surface area contributed by atoms with Gasteiger partial charge >= 0.3 is 6.18 Å². The Bertz CT molecular complexity index is 209. The number of carbonyl (C=O) groups excluding carboxylic acids is 1. The Morgan fingerprint density at radius 2 is 1.94 bits per heavy atom. The van der Waals surface area contributed by atoms with E-state index in [0.717, 1.165) is 16.7 Å². The lowest BCUT2D eigenvalue weighted by atomic mass is 10.2. The van der Waals surface area contributed by atoms with E-state index in [2.05, 4.69) is 15.9 Å². The minimum Gasteiger partial charge on any atom is -0.334 e. The molecule has 96 valence electrons. The van der Waals surface area contributed by atoms with Crippen molar-refractivity contribution in [1.82, 2.24) is 4.90 Å². The Morgan fingerprint density at radius 1 is 1.31 bits per heavy atom. The summed E-state index contributed by atoms with van der Waals surface area (Å²) in [5.74, 6) is -0.403. The molecule has 0 aliphatic rings.